The first-order valence-corrected chi connectivity index (χ1v) is 13.0. The van der Waals surface area contributed by atoms with E-state index in [1.807, 2.05) is 6.08 Å². The van der Waals surface area contributed by atoms with E-state index in [4.69, 9.17) is 19.6 Å². The van der Waals surface area contributed by atoms with Crippen molar-refractivity contribution in [2.75, 3.05) is 6.61 Å². The first-order valence-electron chi connectivity index (χ1n) is 9.96. The molecule has 0 unspecified atom stereocenters. The zero-order chi connectivity index (χ0) is 21.1. The molecule has 0 aliphatic rings. The fraction of sp³-hybridized carbons (Fsp3) is 0.778. The van der Waals surface area contributed by atoms with Crippen LogP contribution in [0.3, 0.4) is 0 Å². The predicted molar refractivity (Wildman–Crippen MR) is 109 cm³/mol. The van der Waals surface area contributed by atoms with E-state index in [1.165, 1.54) is 51.0 Å². The Morgan fingerprint density at radius 2 is 1.07 bits per heavy atom. The largest absolute Gasteiger partial charge is 0.524 e. The van der Waals surface area contributed by atoms with Crippen LogP contribution in [-0.4, -0.2) is 26.2 Å². The SMILES string of the molecule is O=P(O)(O)O/C=C/C=C/CCCCCCCCCCCCCCOP(=O)(O)O. The topological polar surface area (TPSA) is 134 Å². The van der Waals surface area contributed by atoms with Crippen molar-refractivity contribution in [2.24, 2.45) is 0 Å². The van der Waals surface area contributed by atoms with Crippen LogP contribution >= 0.6 is 15.6 Å². The van der Waals surface area contributed by atoms with Gasteiger partial charge >= 0.3 is 15.6 Å². The van der Waals surface area contributed by atoms with E-state index < -0.39 is 15.6 Å². The lowest BCUT2D eigenvalue weighted by molar-refractivity contribution is 0.193. The Bertz CT molecular complexity index is 510. The minimum atomic E-state index is -4.41. The van der Waals surface area contributed by atoms with Gasteiger partial charge in [-0.05, 0) is 25.3 Å². The van der Waals surface area contributed by atoms with E-state index in [2.05, 4.69) is 9.05 Å². The van der Waals surface area contributed by atoms with Gasteiger partial charge in [0.1, 0.15) is 0 Å². The second kappa shape index (κ2) is 17.4. The molecule has 0 rings (SSSR count). The number of hydrogen-bond acceptors (Lipinski definition) is 4. The summed E-state index contributed by atoms with van der Waals surface area (Å²) in [5, 5.41) is 0. The summed E-state index contributed by atoms with van der Waals surface area (Å²) in [6, 6.07) is 0. The van der Waals surface area contributed by atoms with Crippen molar-refractivity contribution in [3.8, 4) is 0 Å². The molecule has 0 bridgehead atoms. The van der Waals surface area contributed by atoms with Gasteiger partial charge in [0.2, 0.25) is 0 Å². The van der Waals surface area contributed by atoms with Gasteiger partial charge in [0.05, 0.1) is 12.9 Å². The minimum absolute atomic E-state index is 0.127. The number of hydrogen-bond donors (Lipinski definition) is 4. The summed E-state index contributed by atoms with van der Waals surface area (Å²) in [5.74, 6) is 0. The molecule has 0 saturated heterocycles. The maximum absolute atomic E-state index is 10.5. The summed E-state index contributed by atoms with van der Waals surface area (Å²) in [4.78, 5) is 34.0. The van der Waals surface area contributed by atoms with Crippen LogP contribution in [0.2, 0.25) is 0 Å². The smallest absolute Gasteiger partial charge is 0.412 e. The monoisotopic (exact) mass is 442 g/mol. The van der Waals surface area contributed by atoms with E-state index in [9.17, 15) is 9.13 Å². The average molecular weight is 442 g/mol. The Hall–Kier alpha value is -0.460. The summed E-state index contributed by atoms with van der Waals surface area (Å²) in [6.45, 7) is 0.127. The summed E-state index contributed by atoms with van der Waals surface area (Å²) in [6.07, 6.45) is 20.7. The zero-order valence-corrected chi connectivity index (χ0v) is 18.3. The van der Waals surface area contributed by atoms with Crippen molar-refractivity contribution in [3.05, 3.63) is 24.5 Å². The summed E-state index contributed by atoms with van der Waals surface area (Å²) in [5.41, 5.74) is 0. The maximum Gasteiger partial charge on any atom is 0.524 e. The Labute approximate surface area is 168 Å². The highest BCUT2D eigenvalue weighted by atomic mass is 31.2. The molecule has 4 N–H and O–H groups in total. The lowest BCUT2D eigenvalue weighted by atomic mass is 10.0. The van der Waals surface area contributed by atoms with Gasteiger partial charge in [-0.15, -0.1) is 0 Å². The molecule has 0 heterocycles. The Morgan fingerprint density at radius 1 is 0.607 bits per heavy atom. The molecule has 0 aromatic carbocycles. The molecule has 0 aliphatic carbocycles. The van der Waals surface area contributed by atoms with Gasteiger partial charge in [0, 0.05) is 0 Å². The molecule has 0 atom stereocenters. The molecule has 166 valence electrons. The Morgan fingerprint density at radius 3 is 1.54 bits per heavy atom. The first-order chi connectivity index (χ1) is 13.2. The first kappa shape index (κ1) is 27.5. The molecule has 0 spiro atoms. The van der Waals surface area contributed by atoms with Gasteiger partial charge in [-0.3, -0.25) is 14.3 Å². The lowest BCUT2D eigenvalue weighted by Gasteiger charge is -2.05. The third-order valence-electron chi connectivity index (χ3n) is 4.05. The molecule has 0 saturated carbocycles. The number of phosphoric ester groups is 2. The van der Waals surface area contributed by atoms with E-state index in [1.54, 1.807) is 6.08 Å². The van der Waals surface area contributed by atoms with Crippen LogP contribution in [0.25, 0.3) is 0 Å². The van der Waals surface area contributed by atoms with Crippen LogP contribution in [0.5, 0.6) is 0 Å². The highest BCUT2D eigenvalue weighted by Gasteiger charge is 2.12. The van der Waals surface area contributed by atoms with Crippen molar-refractivity contribution < 1.29 is 37.8 Å². The van der Waals surface area contributed by atoms with Crippen LogP contribution in [0.1, 0.15) is 83.5 Å². The van der Waals surface area contributed by atoms with Crippen LogP contribution in [-0.2, 0) is 18.2 Å². The molecular formula is C18H36O8P2. The van der Waals surface area contributed by atoms with Crippen LogP contribution in [0.4, 0.5) is 0 Å². The highest BCUT2D eigenvalue weighted by Crippen LogP contribution is 2.36. The Kier molecular flexibility index (Phi) is 17.1. The average Bonchev–Trinajstić information content (AvgIpc) is 2.58. The minimum Gasteiger partial charge on any atom is -0.412 e. The molecule has 0 aliphatic heterocycles. The lowest BCUT2D eigenvalue weighted by Crippen LogP contribution is -1.92. The third kappa shape index (κ3) is 25.5. The zero-order valence-electron chi connectivity index (χ0n) is 16.5. The van der Waals surface area contributed by atoms with E-state index in [-0.39, 0.29) is 6.61 Å². The second-order valence-electron chi connectivity index (χ2n) is 6.71. The van der Waals surface area contributed by atoms with Crippen molar-refractivity contribution in [3.63, 3.8) is 0 Å². The molecule has 0 radical (unpaired) electrons. The van der Waals surface area contributed by atoms with Gasteiger partial charge < -0.3 is 14.3 Å². The molecule has 0 amide bonds. The quantitative estimate of drug-likeness (QED) is 0.0911. The normalized spacial score (nSPS) is 13.0. The van der Waals surface area contributed by atoms with Crippen molar-refractivity contribution in [2.45, 2.75) is 83.5 Å². The summed E-state index contributed by atoms with van der Waals surface area (Å²) < 4.78 is 29.5. The molecule has 0 aromatic heterocycles. The fourth-order valence-corrected chi connectivity index (χ4v) is 3.25. The van der Waals surface area contributed by atoms with Gasteiger partial charge in [-0.1, -0.05) is 76.4 Å². The van der Waals surface area contributed by atoms with Crippen molar-refractivity contribution >= 4 is 15.6 Å². The van der Waals surface area contributed by atoms with Gasteiger partial charge in [-0.25, -0.2) is 9.13 Å². The molecule has 10 heteroatoms. The maximum atomic E-state index is 10.5. The number of phosphoric acid groups is 2. The van der Waals surface area contributed by atoms with Gasteiger partial charge in [0.15, 0.2) is 0 Å². The van der Waals surface area contributed by atoms with Gasteiger partial charge in [0.25, 0.3) is 0 Å². The van der Waals surface area contributed by atoms with E-state index in [0.29, 0.717) is 6.42 Å². The molecular weight excluding hydrogens is 406 g/mol. The second-order valence-corrected chi connectivity index (χ2v) is 9.14. The van der Waals surface area contributed by atoms with Crippen LogP contribution < -0.4 is 0 Å². The molecule has 28 heavy (non-hydrogen) atoms. The predicted octanol–water partition coefficient (Wildman–Crippen LogP) is 5.35. The van der Waals surface area contributed by atoms with Crippen molar-refractivity contribution in [1.82, 2.24) is 0 Å². The van der Waals surface area contributed by atoms with Crippen molar-refractivity contribution in [1.29, 1.82) is 0 Å². The Balaban J connectivity index is 3.22. The van der Waals surface area contributed by atoms with E-state index >= 15 is 0 Å². The summed E-state index contributed by atoms with van der Waals surface area (Å²) in [7, 11) is -8.71. The third-order valence-corrected chi connectivity index (χ3v) is 4.96. The molecule has 8 nitrogen and oxygen atoms in total. The highest BCUT2D eigenvalue weighted by molar-refractivity contribution is 7.46. The fourth-order valence-electron chi connectivity index (χ4n) is 2.65. The van der Waals surface area contributed by atoms with Gasteiger partial charge in [-0.2, -0.15) is 0 Å². The number of unbranched alkanes of at least 4 members (excludes halogenated alkanes) is 12. The van der Waals surface area contributed by atoms with Crippen LogP contribution in [0.15, 0.2) is 24.5 Å². The van der Waals surface area contributed by atoms with Crippen LogP contribution in [0, 0.1) is 0 Å². The summed E-state index contributed by atoms with van der Waals surface area (Å²) >= 11 is 0. The number of allylic oxidation sites excluding steroid dienone is 3. The molecule has 0 aromatic rings. The standard InChI is InChI=1S/C18H36O8P2/c19-27(20,21)25-17-15-13-11-9-7-5-3-1-2-4-6-8-10-12-14-16-18-26-28(22,23)24/h11,13,15,17H,1-10,12,14,16,18H2,(H2,19,20,21)(H2,22,23,24)/b13-11+,17-15+. The number of rotatable bonds is 19. The van der Waals surface area contributed by atoms with E-state index in [0.717, 1.165) is 38.4 Å². The molecule has 0 fully saturated rings.